The van der Waals surface area contributed by atoms with E-state index in [0.29, 0.717) is 5.92 Å². The second kappa shape index (κ2) is 16.1. The van der Waals surface area contributed by atoms with Crippen LogP contribution in [-0.4, -0.2) is 5.78 Å². The molecule has 0 saturated carbocycles. The SMILES string of the molecule is CC(=O)c1ccc(CC(C)C)cc1.Cc1ccc(CC(C)C)cc1.Cc1ccc(CC(C)C)cc1. The van der Waals surface area contributed by atoms with E-state index in [0.717, 1.165) is 23.8 Å². The number of hydrogen-bond acceptors (Lipinski definition) is 1. The first kappa shape index (κ1) is 30.4. The Morgan fingerprint density at radius 3 is 1.00 bits per heavy atom. The topological polar surface area (TPSA) is 17.1 Å². The number of ketones is 1. The molecule has 1 heteroatoms. The number of hydrogen-bond donors (Lipinski definition) is 0. The zero-order chi connectivity index (χ0) is 26.4. The molecule has 3 aromatic rings. The lowest BCUT2D eigenvalue weighted by Crippen LogP contribution is -1.96. The normalized spacial score (nSPS) is 10.5. The van der Waals surface area contributed by atoms with Gasteiger partial charge in [-0.3, -0.25) is 4.79 Å². The van der Waals surface area contributed by atoms with E-state index < -0.39 is 0 Å². The fourth-order valence-electron chi connectivity index (χ4n) is 3.74. The average Bonchev–Trinajstić information content (AvgIpc) is 2.77. The minimum Gasteiger partial charge on any atom is -0.295 e. The molecule has 190 valence electrons. The van der Waals surface area contributed by atoms with Gasteiger partial charge < -0.3 is 0 Å². The van der Waals surface area contributed by atoms with E-state index in [1.165, 1.54) is 40.7 Å². The highest BCUT2D eigenvalue weighted by molar-refractivity contribution is 5.94. The van der Waals surface area contributed by atoms with Crippen molar-refractivity contribution in [3.05, 3.63) is 106 Å². The van der Waals surface area contributed by atoms with Crippen molar-refractivity contribution in [1.82, 2.24) is 0 Å². The molecule has 0 aliphatic heterocycles. The van der Waals surface area contributed by atoms with Gasteiger partial charge in [0.2, 0.25) is 0 Å². The van der Waals surface area contributed by atoms with Crippen LogP contribution < -0.4 is 0 Å². The van der Waals surface area contributed by atoms with E-state index in [1.54, 1.807) is 6.92 Å². The molecular formula is C34H48O. The molecule has 0 radical (unpaired) electrons. The Labute approximate surface area is 216 Å². The first-order valence-corrected chi connectivity index (χ1v) is 13.2. The number of carbonyl (C=O) groups is 1. The predicted molar refractivity (Wildman–Crippen MR) is 154 cm³/mol. The highest BCUT2D eigenvalue weighted by atomic mass is 16.1. The van der Waals surface area contributed by atoms with Crippen LogP contribution in [-0.2, 0) is 19.3 Å². The molecule has 0 amide bonds. The maximum atomic E-state index is 11.0. The molecule has 0 spiro atoms. The summed E-state index contributed by atoms with van der Waals surface area (Å²) in [6.07, 6.45) is 3.47. The standard InChI is InChI=1S/C12H16O.2C11H16/c1-9(2)8-11-4-6-12(7-5-11)10(3)13;2*1-9(2)8-11-6-4-10(3)5-7-11/h4-7,9H,8H2,1-3H3;2*4-7,9H,8H2,1-3H3. The van der Waals surface area contributed by atoms with Crippen LogP contribution in [0.2, 0.25) is 0 Å². The molecular weight excluding hydrogens is 424 g/mol. The van der Waals surface area contributed by atoms with Crippen molar-refractivity contribution in [3.8, 4) is 0 Å². The summed E-state index contributed by atoms with van der Waals surface area (Å²) in [5.74, 6) is 2.33. The van der Waals surface area contributed by atoms with E-state index in [2.05, 4.69) is 104 Å². The third-order valence-corrected chi connectivity index (χ3v) is 5.53. The summed E-state index contributed by atoms with van der Waals surface area (Å²) in [4.78, 5) is 11.0. The molecule has 0 heterocycles. The van der Waals surface area contributed by atoms with Crippen molar-refractivity contribution in [2.45, 2.75) is 81.6 Å². The molecule has 0 aromatic heterocycles. The lowest BCUT2D eigenvalue weighted by Gasteiger charge is -2.04. The quantitative estimate of drug-likeness (QED) is 0.313. The Balaban J connectivity index is 0.000000264. The van der Waals surface area contributed by atoms with E-state index >= 15 is 0 Å². The molecule has 0 aliphatic carbocycles. The zero-order valence-corrected chi connectivity index (χ0v) is 23.7. The van der Waals surface area contributed by atoms with Crippen LogP contribution in [0.25, 0.3) is 0 Å². The second-order valence-electron chi connectivity index (χ2n) is 11.0. The first-order valence-electron chi connectivity index (χ1n) is 13.2. The van der Waals surface area contributed by atoms with Gasteiger partial charge in [-0.15, -0.1) is 0 Å². The number of carbonyl (C=O) groups excluding carboxylic acids is 1. The lowest BCUT2D eigenvalue weighted by molar-refractivity contribution is 0.101. The molecule has 0 fully saturated rings. The lowest BCUT2D eigenvalue weighted by atomic mass is 10.0. The Kier molecular flexibility index (Phi) is 14.0. The van der Waals surface area contributed by atoms with E-state index in [1.807, 2.05) is 24.3 Å². The van der Waals surface area contributed by atoms with Gasteiger partial charge in [0.05, 0.1) is 0 Å². The van der Waals surface area contributed by atoms with Crippen molar-refractivity contribution < 1.29 is 4.79 Å². The molecule has 3 rings (SSSR count). The van der Waals surface area contributed by atoms with Gasteiger partial charge in [-0.25, -0.2) is 0 Å². The number of rotatable bonds is 7. The van der Waals surface area contributed by atoms with Gasteiger partial charge in [-0.2, -0.15) is 0 Å². The molecule has 0 N–H and O–H groups in total. The largest absolute Gasteiger partial charge is 0.295 e. The summed E-state index contributed by atoms with van der Waals surface area (Å²) in [6, 6.07) is 25.5. The molecule has 0 unspecified atom stereocenters. The second-order valence-corrected chi connectivity index (χ2v) is 11.0. The summed E-state index contributed by atoms with van der Waals surface area (Å²) in [5, 5.41) is 0. The van der Waals surface area contributed by atoms with E-state index in [-0.39, 0.29) is 5.78 Å². The van der Waals surface area contributed by atoms with Gasteiger partial charge in [0.15, 0.2) is 5.78 Å². The third-order valence-electron chi connectivity index (χ3n) is 5.53. The molecule has 0 bridgehead atoms. The Bertz CT molecular complexity index is 907. The van der Waals surface area contributed by atoms with Gasteiger partial charge in [-0.05, 0) is 74.5 Å². The van der Waals surface area contributed by atoms with Crippen LogP contribution in [0.5, 0.6) is 0 Å². The number of benzene rings is 3. The van der Waals surface area contributed by atoms with Gasteiger partial charge in [0.1, 0.15) is 0 Å². The van der Waals surface area contributed by atoms with Crippen molar-refractivity contribution in [3.63, 3.8) is 0 Å². The molecule has 0 aliphatic rings. The molecule has 0 saturated heterocycles. The van der Waals surface area contributed by atoms with Crippen LogP contribution in [0.1, 0.15) is 86.6 Å². The van der Waals surface area contributed by atoms with Gasteiger partial charge in [-0.1, -0.05) is 125 Å². The number of aryl methyl sites for hydroxylation is 2. The zero-order valence-electron chi connectivity index (χ0n) is 23.7. The third kappa shape index (κ3) is 14.4. The minimum absolute atomic E-state index is 0.135. The molecule has 35 heavy (non-hydrogen) atoms. The monoisotopic (exact) mass is 472 g/mol. The van der Waals surface area contributed by atoms with Crippen LogP contribution in [0, 0.1) is 31.6 Å². The maximum Gasteiger partial charge on any atom is 0.159 e. The smallest absolute Gasteiger partial charge is 0.159 e. The van der Waals surface area contributed by atoms with Crippen LogP contribution >= 0.6 is 0 Å². The Morgan fingerprint density at radius 2 is 0.771 bits per heavy atom. The molecule has 1 nitrogen and oxygen atoms in total. The van der Waals surface area contributed by atoms with Crippen molar-refractivity contribution in [1.29, 1.82) is 0 Å². The summed E-state index contributed by atoms with van der Waals surface area (Å²) in [7, 11) is 0. The maximum absolute atomic E-state index is 11.0. The minimum atomic E-state index is 0.135. The van der Waals surface area contributed by atoms with Gasteiger partial charge in [0, 0.05) is 5.56 Å². The average molecular weight is 473 g/mol. The first-order chi connectivity index (χ1) is 16.5. The van der Waals surface area contributed by atoms with Crippen molar-refractivity contribution in [2.75, 3.05) is 0 Å². The Morgan fingerprint density at radius 1 is 0.514 bits per heavy atom. The van der Waals surface area contributed by atoms with Crippen molar-refractivity contribution in [2.24, 2.45) is 17.8 Å². The van der Waals surface area contributed by atoms with Crippen LogP contribution in [0.4, 0.5) is 0 Å². The van der Waals surface area contributed by atoms with Gasteiger partial charge in [0.25, 0.3) is 0 Å². The van der Waals surface area contributed by atoms with Gasteiger partial charge >= 0.3 is 0 Å². The molecule has 0 atom stereocenters. The Hall–Kier alpha value is -2.67. The highest BCUT2D eigenvalue weighted by Crippen LogP contribution is 2.11. The van der Waals surface area contributed by atoms with Crippen LogP contribution in [0.15, 0.2) is 72.8 Å². The fraction of sp³-hybridized carbons (Fsp3) is 0.441. The summed E-state index contributed by atoms with van der Waals surface area (Å²) >= 11 is 0. The van der Waals surface area contributed by atoms with E-state index in [4.69, 9.17) is 0 Å². The van der Waals surface area contributed by atoms with Crippen LogP contribution in [0.3, 0.4) is 0 Å². The predicted octanol–water partition coefficient (Wildman–Crippen LogP) is 9.47. The summed E-state index contributed by atoms with van der Waals surface area (Å²) < 4.78 is 0. The number of Topliss-reactive ketones (excluding diaryl/α,β-unsaturated/α-hetero) is 1. The summed E-state index contributed by atoms with van der Waals surface area (Å²) in [6.45, 7) is 19.2. The van der Waals surface area contributed by atoms with Crippen molar-refractivity contribution >= 4 is 5.78 Å². The summed E-state index contributed by atoms with van der Waals surface area (Å²) in [5.41, 5.74) is 7.69. The van der Waals surface area contributed by atoms with E-state index in [9.17, 15) is 4.79 Å². The fourth-order valence-corrected chi connectivity index (χ4v) is 3.74. The highest BCUT2D eigenvalue weighted by Gasteiger charge is 2.00. The molecule has 3 aromatic carbocycles.